The Hall–Kier alpha value is -1.67. The van der Waals surface area contributed by atoms with Crippen molar-refractivity contribution in [1.29, 1.82) is 0 Å². The van der Waals surface area contributed by atoms with Gasteiger partial charge >= 0.3 is 0 Å². The molecule has 0 heterocycles. The van der Waals surface area contributed by atoms with E-state index in [4.69, 9.17) is 4.55 Å². The van der Waals surface area contributed by atoms with Crippen molar-refractivity contribution < 1.29 is 22.6 Å². The highest BCUT2D eigenvalue weighted by Gasteiger charge is 2.25. The molecule has 2 amide bonds. The van der Waals surface area contributed by atoms with E-state index in [2.05, 4.69) is 23.8 Å². The molecule has 0 atom stereocenters. The molecule has 0 aromatic heterocycles. The molecule has 7 nitrogen and oxygen atoms in total. The Kier molecular flexibility index (Phi) is 9.58. The summed E-state index contributed by atoms with van der Waals surface area (Å²) in [5, 5.41) is 5.00. The maximum absolute atomic E-state index is 10.8. The van der Waals surface area contributed by atoms with Crippen LogP contribution in [0.25, 0.3) is 0 Å². The van der Waals surface area contributed by atoms with Gasteiger partial charge in [0.15, 0.2) is 0 Å². The van der Waals surface area contributed by atoms with Crippen LogP contribution in [0.2, 0.25) is 0 Å². The fourth-order valence-corrected chi connectivity index (χ4v) is 2.20. The number of amides is 2. The lowest BCUT2D eigenvalue weighted by atomic mass is 10.1. The van der Waals surface area contributed by atoms with Crippen molar-refractivity contribution in [2.24, 2.45) is 0 Å². The molecule has 0 saturated heterocycles. The molecule has 0 rings (SSSR count). The maximum atomic E-state index is 10.8. The van der Waals surface area contributed by atoms with Crippen LogP contribution in [0.15, 0.2) is 25.3 Å². The summed E-state index contributed by atoms with van der Waals surface area (Å²) < 4.78 is 29.5. The van der Waals surface area contributed by atoms with Crippen molar-refractivity contribution in [3.63, 3.8) is 0 Å². The molecule has 21 heavy (non-hydrogen) atoms. The van der Waals surface area contributed by atoms with Crippen molar-refractivity contribution in [3.8, 4) is 0 Å². The van der Waals surface area contributed by atoms with E-state index in [-0.39, 0.29) is 11.9 Å². The van der Waals surface area contributed by atoms with Crippen LogP contribution in [-0.2, 0) is 19.7 Å². The zero-order valence-electron chi connectivity index (χ0n) is 12.8. The second-order valence-electron chi connectivity index (χ2n) is 5.17. The van der Waals surface area contributed by atoms with E-state index in [1.54, 1.807) is 0 Å². The Labute approximate surface area is 126 Å². The summed E-state index contributed by atoms with van der Waals surface area (Å²) in [5.74, 6) is -1.12. The first kappa shape index (κ1) is 21.6. The molecule has 0 aromatic rings. The minimum atomic E-state index is -4.08. The predicted molar refractivity (Wildman–Crippen MR) is 82.3 cm³/mol. The minimum absolute atomic E-state index is 0.111. The summed E-state index contributed by atoms with van der Waals surface area (Å²) in [5.41, 5.74) is -1.00. The largest absolute Gasteiger partial charge is 0.350 e. The fraction of sp³-hybridized carbons (Fsp3) is 0.538. The molecule has 0 fully saturated rings. The third-order valence-corrected chi connectivity index (χ3v) is 2.89. The quantitative estimate of drug-likeness (QED) is 0.491. The molecular formula is C13H24N2O5S. The molecule has 0 aliphatic carbocycles. The van der Waals surface area contributed by atoms with Crippen molar-refractivity contribution in [2.45, 2.75) is 39.3 Å². The standard InChI is InChI=1S/C7H13NO4S.C6H11NO/c1-4-6(9)8-7(2,3)5-13(10,11)12;1-4-6(8)7-5(2)3/h4H,1,5H2,2-3H3,(H,8,9)(H,10,11,12);4-5H,1H2,2-3H3,(H,7,8). The SMILES string of the molecule is C=CC(=O)NC(C)(C)CS(=O)(=O)O.C=CC(=O)NC(C)C. The van der Waals surface area contributed by atoms with Gasteiger partial charge in [-0.05, 0) is 39.8 Å². The number of carbonyl (C=O) groups is 2. The summed E-state index contributed by atoms with van der Waals surface area (Å²) in [4.78, 5) is 21.2. The lowest BCUT2D eigenvalue weighted by Crippen LogP contribution is -2.47. The first-order chi connectivity index (χ1) is 9.33. The van der Waals surface area contributed by atoms with Crippen LogP contribution < -0.4 is 10.6 Å². The monoisotopic (exact) mass is 320 g/mol. The zero-order valence-corrected chi connectivity index (χ0v) is 13.7. The number of nitrogens with one attached hydrogen (secondary N) is 2. The number of rotatable bonds is 6. The van der Waals surface area contributed by atoms with Crippen LogP contribution >= 0.6 is 0 Å². The minimum Gasteiger partial charge on any atom is -0.350 e. The normalized spacial score (nSPS) is 11.0. The van der Waals surface area contributed by atoms with Crippen LogP contribution in [0.3, 0.4) is 0 Å². The Morgan fingerprint density at radius 1 is 1.19 bits per heavy atom. The van der Waals surface area contributed by atoms with Crippen LogP contribution in [-0.4, -0.2) is 42.1 Å². The Morgan fingerprint density at radius 2 is 1.62 bits per heavy atom. The molecule has 0 aliphatic heterocycles. The van der Waals surface area contributed by atoms with Crippen molar-refractivity contribution in [1.82, 2.24) is 10.6 Å². The van der Waals surface area contributed by atoms with Gasteiger partial charge < -0.3 is 10.6 Å². The van der Waals surface area contributed by atoms with Gasteiger partial charge in [-0.1, -0.05) is 13.2 Å². The van der Waals surface area contributed by atoms with Gasteiger partial charge in [-0.2, -0.15) is 8.42 Å². The topological polar surface area (TPSA) is 113 Å². The average Bonchev–Trinajstić information content (AvgIpc) is 2.24. The van der Waals surface area contributed by atoms with Gasteiger partial charge in [0.05, 0.1) is 11.3 Å². The predicted octanol–water partition coefficient (Wildman–Crippen LogP) is 0.652. The van der Waals surface area contributed by atoms with E-state index in [1.807, 2.05) is 13.8 Å². The summed E-state index contributed by atoms with van der Waals surface area (Å²) >= 11 is 0. The van der Waals surface area contributed by atoms with E-state index in [0.717, 1.165) is 6.08 Å². The fourth-order valence-electron chi connectivity index (χ4n) is 1.22. The Morgan fingerprint density at radius 3 is 1.86 bits per heavy atom. The third-order valence-electron chi connectivity index (χ3n) is 1.81. The molecule has 0 bridgehead atoms. The lowest BCUT2D eigenvalue weighted by Gasteiger charge is -2.23. The van der Waals surface area contributed by atoms with Crippen molar-refractivity contribution >= 4 is 21.9 Å². The Balaban J connectivity index is 0. The van der Waals surface area contributed by atoms with E-state index >= 15 is 0 Å². The number of hydrogen-bond donors (Lipinski definition) is 3. The summed E-state index contributed by atoms with van der Waals surface area (Å²) in [7, 11) is -4.08. The zero-order chi connectivity index (χ0) is 17.3. The Bertz CT molecular complexity index is 481. The van der Waals surface area contributed by atoms with E-state index < -0.39 is 27.3 Å². The molecule has 0 spiro atoms. The van der Waals surface area contributed by atoms with Crippen molar-refractivity contribution in [3.05, 3.63) is 25.3 Å². The van der Waals surface area contributed by atoms with Crippen LogP contribution in [0.1, 0.15) is 27.7 Å². The van der Waals surface area contributed by atoms with Gasteiger partial charge in [0.2, 0.25) is 11.8 Å². The van der Waals surface area contributed by atoms with E-state index in [0.29, 0.717) is 0 Å². The third kappa shape index (κ3) is 16.3. The van der Waals surface area contributed by atoms with Gasteiger partial charge in [-0.3, -0.25) is 14.1 Å². The number of carbonyl (C=O) groups excluding carboxylic acids is 2. The van der Waals surface area contributed by atoms with Gasteiger partial charge in [0.1, 0.15) is 0 Å². The highest BCUT2D eigenvalue weighted by Crippen LogP contribution is 2.05. The molecule has 0 aromatic carbocycles. The molecule has 0 radical (unpaired) electrons. The lowest BCUT2D eigenvalue weighted by molar-refractivity contribution is -0.118. The second-order valence-corrected chi connectivity index (χ2v) is 6.62. The van der Waals surface area contributed by atoms with E-state index in [1.165, 1.54) is 19.9 Å². The van der Waals surface area contributed by atoms with E-state index in [9.17, 15) is 18.0 Å². The van der Waals surface area contributed by atoms with Gasteiger partial charge in [0, 0.05) is 6.04 Å². The molecular weight excluding hydrogens is 296 g/mol. The van der Waals surface area contributed by atoms with Crippen LogP contribution in [0.4, 0.5) is 0 Å². The molecule has 0 aliphatic rings. The molecule has 0 saturated carbocycles. The molecule has 3 N–H and O–H groups in total. The van der Waals surface area contributed by atoms with Crippen LogP contribution in [0.5, 0.6) is 0 Å². The maximum Gasteiger partial charge on any atom is 0.267 e. The highest BCUT2D eigenvalue weighted by molar-refractivity contribution is 7.85. The molecule has 0 unspecified atom stereocenters. The smallest absolute Gasteiger partial charge is 0.267 e. The number of hydrogen-bond acceptors (Lipinski definition) is 4. The first-order valence-electron chi connectivity index (χ1n) is 6.15. The average molecular weight is 320 g/mol. The van der Waals surface area contributed by atoms with Gasteiger partial charge in [-0.15, -0.1) is 0 Å². The second kappa shape index (κ2) is 9.30. The molecule has 8 heteroatoms. The first-order valence-corrected chi connectivity index (χ1v) is 7.76. The summed E-state index contributed by atoms with van der Waals surface area (Å²) in [6.07, 6.45) is 2.30. The summed E-state index contributed by atoms with van der Waals surface area (Å²) in [6.45, 7) is 13.3. The van der Waals surface area contributed by atoms with Crippen LogP contribution in [0, 0.1) is 0 Å². The molecule has 122 valence electrons. The van der Waals surface area contributed by atoms with Gasteiger partial charge in [0.25, 0.3) is 10.1 Å². The van der Waals surface area contributed by atoms with Crippen molar-refractivity contribution in [2.75, 3.05) is 5.75 Å². The summed E-state index contributed by atoms with van der Waals surface area (Å²) in [6, 6.07) is 0.209. The van der Waals surface area contributed by atoms with Gasteiger partial charge in [-0.25, -0.2) is 0 Å². The highest BCUT2D eigenvalue weighted by atomic mass is 32.2.